The summed E-state index contributed by atoms with van der Waals surface area (Å²) >= 11 is 0. The Morgan fingerprint density at radius 3 is 2.35 bits per heavy atom. The molecule has 23 heavy (non-hydrogen) atoms. The van der Waals surface area contributed by atoms with Crippen molar-refractivity contribution in [1.82, 2.24) is 4.90 Å². The molecule has 1 heterocycles. The molecule has 1 N–H and O–H groups in total. The van der Waals surface area contributed by atoms with Gasteiger partial charge >= 0.3 is 0 Å². The Labute approximate surface area is 137 Å². The molecule has 4 heteroatoms. The number of ether oxygens (including phenoxy) is 1. The normalized spacial score (nSPS) is 22.7. The average Bonchev–Trinajstić information content (AvgIpc) is 2.59. The van der Waals surface area contributed by atoms with Crippen molar-refractivity contribution in [3.05, 3.63) is 66.2 Å². The number of hydrogen-bond acceptors (Lipinski definition) is 3. The lowest BCUT2D eigenvalue weighted by molar-refractivity contribution is -0.169. The van der Waals surface area contributed by atoms with E-state index in [0.717, 1.165) is 11.3 Å². The van der Waals surface area contributed by atoms with Crippen molar-refractivity contribution < 1.29 is 9.53 Å². The number of nitrogens with zero attached hydrogens (tertiary/aromatic N) is 1. The molecule has 2 aromatic rings. The summed E-state index contributed by atoms with van der Waals surface area (Å²) in [4.78, 5) is 14.6. The molecule has 1 amide bonds. The Morgan fingerprint density at radius 1 is 1.09 bits per heavy atom. The van der Waals surface area contributed by atoms with Crippen molar-refractivity contribution in [2.24, 2.45) is 0 Å². The third-order valence-electron chi connectivity index (χ3n) is 4.37. The second kappa shape index (κ2) is 6.42. The number of nitrogens with one attached hydrogen (secondary N) is 1. The van der Waals surface area contributed by atoms with Gasteiger partial charge in [-0.05, 0) is 24.6 Å². The minimum absolute atomic E-state index is 0.000958. The molecule has 0 bridgehead atoms. The maximum absolute atomic E-state index is 12.8. The van der Waals surface area contributed by atoms with Crippen molar-refractivity contribution >= 4 is 11.6 Å². The molecule has 1 aliphatic heterocycles. The SMILES string of the molecule is CN1CCO[C@@](C)([C@@H](Nc2ccccc2)c2ccccc2)C1=O. The summed E-state index contributed by atoms with van der Waals surface area (Å²) in [6, 6.07) is 19.6. The van der Waals surface area contributed by atoms with Gasteiger partial charge in [0.1, 0.15) is 0 Å². The van der Waals surface area contributed by atoms with Crippen LogP contribution in [-0.4, -0.2) is 36.6 Å². The maximum Gasteiger partial charge on any atom is 0.256 e. The zero-order valence-corrected chi connectivity index (χ0v) is 13.5. The summed E-state index contributed by atoms with van der Waals surface area (Å²) in [5.41, 5.74) is 1.05. The van der Waals surface area contributed by atoms with E-state index in [1.165, 1.54) is 0 Å². The Kier molecular flexibility index (Phi) is 4.35. The van der Waals surface area contributed by atoms with Gasteiger partial charge in [0, 0.05) is 19.3 Å². The van der Waals surface area contributed by atoms with E-state index in [0.29, 0.717) is 13.2 Å². The van der Waals surface area contributed by atoms with Gasteiger partial charge in [-0.3, -0.25) is 4.79 Å². The summed E-state index contributed by atoms with van der Waals surface area (Å²) in [5.74, 6) is 0.000958. The maximum atomic E-state index is 12.8. The molecule has 0 spiro atoms. The minimum Gasteiger partial charge on any atom is -0.375 e. The molecular formula is C19H22N2O2. The predicted molar refractivity (Wildman–Crippen MR) is 91.2 cm³/mol. The summed E-state index contributed by atoms with van der Waals surface area (Å²) in [5, 5.41) is 3.48. The van der Waals surface area contributed by atoms with Gasteiger partial charge in [-0.2, -0.15) is 0 Å². The number of hydrogen-bond donors (Lipinski definition) is 1. The lowest BCUT2D eigenvalue weighted by atomic mass is 9.87. The Bertz CT molecular complexity index is 660. The largest absolute Gasteiger partial charge is 0.375 e. The smallest absolute Gasteiger partial charge is 0.256 e. The van der Waals surface area contributed by atoms with Crippen LogP contribution in [0.4, 0.5) is 5.69 Å². The van der Waals surface area contributed by atoms with Crippen LogP contribution in [0.15, 0.2) is 60.7 Å². The number of para-hydroxylation sites is 1. The number of carbonyl (C=O) groups excluding carboxylic acids is 1. The van der Waals surface area contributed by atoms with Crippen LogP contribution in [0.1, 0.15) is 18.5 Å². The van der Waals surface area contributed by atoms with Gasteiger partial charge < -0.3 is 15.0 Å². The van der Waals surface area contributed by atoms with E-state index < -0.39 is 5.60 Å². The topological polar surface area (TPSA) is 41.6 Å². The Hall–Kier alpha value is -2.33. The minimum atomic E-state index is -0.940. The number of anilines is 1. The second-order valence-corrected chi connectivity index (χ2v) is 6.04. The van der Waals surface area contributed by atoms with Crippen LogP contribution in [0.25, 0.3) is 0 Å². The van der Waals surface area contributed by atoms with Crippen molar-refractivity contribution in [3.8, 4) is 0 Å². The molecule has 0 saturated carbocycles. The van der Waals surface area contributed by atoms with Crippen LogP contribution in [0.3, 0.4) is 0 Å². The molecule has 2 aromatic carbocycles. The van der Waals surface area contributed by atoms with Gasteiger partial charge in [-0.25, -0.2) is 0 Å². The van der Waals surface area contributed by atoms with Crippen LogP contribution in [0.2, 0.25) is 0 Å². The second-order valence-electron chi connectivity index (χ2n) is 6.04. The third-order valence-corrected chi connectivity index (χ3v) is 4.37. The highest BCUT2D eigenvalue weighted by atomic mass is 16.5. The molecule has 0 unspecified atom stereocenters. The van der Waals surface area contributed by atoms with Crippen LogP contribution >= 0.6 is 0 Å². The number of rotatable bonds is 4. The van der Waals surface area contributed by atoms with Crippen molar-refractivity contribution in [2.75, 3.05) is 25.5 Å². The number of likely N-dealkylation sites (N-methyl/N-ethyl adjacent to an activating group) is 1. The van der Waals surface area contributed by atoms with Gasteiger partial charge in [-0.15, -0.1) is 0 Å². The third kappa shape index (κ3) is 3.08. The highest BCUT2D eigenvalue weighted by molar-refractivity contribution is 5.87. The molecule has 0 aromatic heterocycles. The zero-order chi connectivity index (χ0) is 16.3. The van der Waals surface area contributed by atoms with Crippen LogP contribution < -0.4 is 5.32 Å². The molecule has 0 radical (unpaired) electrons. The Balaban J connectivity index is 1.99. The highest BCUT2D eigenvalue weighted by Gasteiger charge is 2.47. The van der Waals surface area contributed by atoms with E-state index in [1.54, 1.807) is 4.90 Å². The Morgan fingerprint density at radius 2 is 1.70 bits per heavy atom. The molecule has 1 saturated heterocycles. The first-order chi connectivity index (χ1) is 11.1. The highest BCUT2D eigenvalue weighted by Crippen LogP contribution is 2.35. The summed E-state index contributed by atoms with van der Waals surface area (Å²) in [6.07, 6.45) is 0. The van der Waals surface area contributed by atoms with E-state index in [-0.39, 0.29) is 11.9 Å². The van der Waals surface area contributed by atoms with Crippen LogP contribution in [0, 0.1) is 0 Å². The monoisotopic (exact) mass is 310 g/mol. The fraction of sp³-hybridized carbons (Fsp3) is 0.316. The molecule has 1 aliphatic rings. The van der Waals surface area contributed by atoms with E-state index in [4.69, 9.17) is 4.74 Å². The summed E-state index contributed by atoms with van der Waals surface area (Å²) in [6.45, 7) is 3.04. The number of amides is 1. The molecule has 2 atom stereocenters. The van der Waals surface area contributed by atoms with E-state index in [9.17, 15) is 4.79 Å². The molecular weight excluding hydrogens is 288 g/mol. The molecule has 3 rings (SSSR count). The lowest BCUT2D eigenvalue weighted by Crippen LogP contribution is -2.58. The lowest BCUT2D eigenvalue weighted by Gasteiger charge is -2.43. The van der Waals surface area contributed by atoms with Crippen molar-refractivity contribution in [2.45, 2.75) is 18.6 Å². The van der Waals surface area contributed by atoms with Gasteiger partial charge in [0.25, 0.3) is 5.91 Å². The number of carbonyl (C=O) groups is 1. The van der Waals surface area contributed by atoms with Gasteiger partial charge in [0.15, 0.2) is 5.60 Å². The first-order valence-electron chi connectivity index (χ1n) is 7.87. The van der Waals surface area contributed by atoms with Crippen molar-refractivity contribution in [3.63, 3.8) is 0 Å². The molecule has 0 aliphatic carbocycles. The van der Waals surface area contributed by atoms with E-state index >= 15 is 0 Å². The standard InChI is InChI=1S/C19H22N2O2/c1-19(18(22)21(2)13-14-23-19)17(15-9-5-3-6-10-15)20-16-11-7-4-8-12-16/h3-12,17,20H,13-14H2,1-2H3/t17-,19-/m0/s1. The first-order valence-corrected chi connectivity index (χ1v) is 7.87. The van der Waals surface area contributed by atoms with E-state index in [2.05, 4.69) is 5.32 Å². The van der Waals surface area contributed by atoms with Gasteiger partial charge in [0.2, 0.25) is 0 Å². The fourth-order valence-electron chi connectivity index (χ4n) is 3.03. The zero-order valence-electron chi connectivity index (χ0n) is 13.5. The van der Waals surface area contributed by atoms with Crippen LogP contribution in [0.5, 0.6) is 0 Å². The molecule has 120 valence electrons. The number of morpholine rings is 1. The summed E-state index contributed by atoms with van der Waals surface area (Å²) < 4.78 is 5.98. The molecule has 4 nitrogen and oxygen atoms in total. The first kappa shape index (κ1) is 15.6. The summed E-state index contributed by atoms with van der Waals surface area (Å²) in [7, 11) is 1.83. The predicted octanol–water partition coefficient (Wildman–Crippen LogP) is 3.09. The van der Waals surface area contributed by atoms with Crippen molar-refractivity contribution in [1.29, 1.82) is 0 Å². The average molecular weight is 310 g/mol. The van der Waals surface area contributed by atoms with Crippen LogP contribution in [-0.2, 0) is 9.53 Å². The van der Waals surface area contributed by atoms with Gasteiger partial charge in [-0.1, -0.05) is 48.5 Å². The quantitative estimate of drug-likeness (QED) is 0.943. The van der Waals surface area contributed by atoms with Gasteiger partial charge in [0.05, 0.1) is 12.6 Å². The fourth-order valence-corrected chi connectivity index (χ4v) is 3.03. The number of benzene rings is 2. The molecule has 1 fully saturated rings. The van der Waals surface area contributed by atoms with E-state index in [1.807, 2.05) is 74.6 Å².